The molecule has 30 heavy (non-hydrogen) atoms. The second-order valence-corrected chi connectivity index (χ2v) is 7.39. The van der Waals surface area contributed by atoms with E-state index in [0.29, 0.717) is 35.6 Å². The van der Waals surface area contributed by atoms with Crippen LogP contribution in [0.2, 0.25) is 10.0 Å². The average molecular weight is 569 g/mol. The molecule has 0 saturated heterocycles. The summed E-state index contributed by atoms with van der Waals surface area (Å²) in [7, 11) is 1.65. The summed E-state index contributed by atoms with van der Waals surface area (Å²) in [6.07, 6.45) is 1.83. The first-order valence-electron chi connectivity index (χ1n) is 9.64. The number of hydrogen-bond donors (Lipinski definition) is 2. The van der Waals surface area contributed by atoms with Crippen LogP contribution in [0.4, 0.5) is 0 Å². The van der Waals surface area contributed by atoms with Crippen LogP contribution in [0.25, 0.3) is 0 Å². The molecule has 2 N–H and O–H groups in total. The summed E-state index contributed by atoms with van der Waals surface area (Å²) in [4.78, 5) is 9.10. The molecule has 0 spiro atoms. The molecule has 8 nitrogen and oxygen atoms in total. The summed E-state index contributed by atoms with van der Waals surface area (Å²) in [6.45, 7) is 4.86. The summed E-state index contributed by atoms with van der Waals surface area (Å²) in [5.41, 5.74) is 0. The Hall–Kier alpha value is -1.30. The predicted octanol–water partition coefficient (Wildman–Crippen LogP) is 3.30. The van der Waals surface area contributed by atoms with E-state index in [2.05, 4.69) is 25.7 Å². The van der Waals surface area contributed by atoms with Gasteiger partial charge in [0.15, 0.2) is 11.8 Å². The molecule has 0 radical (unpaired) electrons. The number of hydrogen-bond acceptors (Lipinski definition) is 5. The maximum atomic E-state index is 6.14. The van der Waals surface area contributed by atoms with Crippen LogP contribution in [0.15, 0.2) is 23.2 Å². The van der Waals surface area contributed by atoms with Gasteiger partial charge in [0.2, 0.25) is 0 Å². The number of rotatable bonds is 8. The highest BCUT2D eigenvalue weighted by Gasteiger charge is 2.22. The van der Waals surface area contributed by atoms with Crippen molar-refractivity contribution in [2.24, 2.45) is 4.99 Å². The third kappa shape index (κ3) is 6.86. The second-order valence-electron chi connectivity index (χ2n) is 6.60. The number of nitrogens with zero attached hydrogens (tertiary/aromatic N) is 4. The lowest BCUT2D eigenvalue weighted by Gasteiger charge is -2.25. The van der Waals surface area contributed by atoms with Crippen LogP contribution in [0.3, 0.4) is 0 Å². The van der Waals surface area contributed by atoms with Gasteiger partial charge in [0, 0.05) is 26.1 Å². The first-order chi connectivity index (χ1) is 14.1. The quantitative estimate of drug-likeness (QED) is 0.220. The second kappa shape index (κ2) is 12.5. The van der Waals surface area contributed by atoms with Gasteiger partial charge in [-0.2, -0.15) is 5.10 Å². The zero-order chi connectivity index (χ0) is 20.6. The fourth-order valence-corrected chi connectivity index (χ4v) is 3.44. The first-order valence-corrected chi connectivity index (χ1v) is 10.4. The molecule has 1 aromatic carbocycles. The Bertz CT molecular complexity index is 848. The van der Waals surface area contributed by atoms with Crippen LogP contribution in [-0.4, -0.2) is 53.6 Å². The number of halogens is 3. The standard InChI is InChI=1S/C19H26Cl2N6O2.HI/c1-3-22-19(23-9-10-29-15-6-4-5-14(20)18(15)21)24-13-7-8-17-25-16(12-28-2)26-27(17)11-13;/h4-6,13H,3,7-12H2,1-2H3,(H2,22,23,24);1H. The van der Waals surface area contributed by atoms with Gasteiger partial charge in [-0.3, -0.25) is 0 Å². The number of methoxy groups -OCH3 is 1. The van der Waals surface area contributed by atoms with Crippen LogP contribution in [-0.2, 0) is 24.3 Å². The van der Waals surface area contributed by atoms with Crippen LogP contribution < -0.4 is 15.4 Å². The number of aryl methyl sites for hydroxylation is 1. The van der Waals surface area contributed by atoms with E-state index in [-0.39, 0.29) is 30.0 Å². The van der Waals surface area contributed by atoms with Gasteiger partial charge in [-0.25, -0.2) is 14.7 Å². The molecular weight excluding hydrogens is 542 g/mol. The number of aliphatic imine (C=N–C) groups is 1. The molecular formula is C19H27Cl2IN6O2. The molecule has 1 aliphatic rings. The van der Waals surface area contributed by atoms with E-state index in [4.69, 9.17) is 32.7 Å². The van der Waals surface area contributed by atoms with Gasteiger partial charge in [-0.15, -0.1) is 24.0 Å². The minimum atomic E-state index is 0. The molecule has 0 saturated carbocycles. The highest BCUT2D eigenvalue weighted by molar-refractivity contribution is 14.0. The SMILES string of the molecule is CCNC(=NCCOc1cccc(Cl)c1Cl)NC1CCc2nc(COC)nn2C1.I. The van der Waals surface area contributed by atoms with Gasteiger partial charge in [-0.05, 0) is 25.5 Å². The van der Waals surface area contributed by atoms with Crippen molar-refractivity contribution in [3.8, 4) is 5.75 Å². The number of aromatic nitrogens is 3. The van der Waals surface area contributed by atoms with Crippen molar-refractivity contribution in [2.45, 2.75) is 39.0 Å². The molecule has 166 valence electrons. The Morgan fingerprint density at radius 1 is 1.37 bits per heavy atom. The van der Waals surface area contributed by atoms with E-state index in [0.717, 1.165) is 43.5 Å². The molecule has 1 unspecified atom stereocenters. The molecule has 1 aliphatic heterocycles. The van der Waals surface area contributed by atoms with Gasteiger partial charge < -0.3 is 20.1 Å². The first kappa shape index (κ1) is 25.0. The Morgan fingerprint density at radius 3 is 2.97 bits per heavy atom. The summed E-state index contributed by atoms with van der Waals surface area (Å²) in [6, 6.07) is 5.54. The van der Waals surface area contributed by atoms with Crippen LogP contribution in [0.5, 0.6) is 5.75 Å². The Kier molecular flexibility index (Phi) is 10.4. The number of fused-ring (bicyclic) bond motifs is 1. The van der Waals surface area contributed by atoms with Crippen molar-refractivity contribution in [1.82, 2.24) is 25.4 Å². The minimum absolute atomic E-state index is 0. The molecule has 2 aromatic rings. The normalized spacial score (nSPS) is 15.9. The van der Waals surface area contributed by atoms with Gasteiger partial charge >= 0.3 is 0 Å². The van der Waals surface area contributed by atoms with Crippen molar-refractivity contribution in [2.75, 3.05) is 26.8 Å². The molecule has 0 fully saturated rings. The lowest BCUT2D eigenvalue weighted by molar-refractivity contribution is 0.177. The van der Waals surface area contributed by atoms with Gasteiger partial charge in [0.1, 0.15) is 29.8 Å². The smallest absolute Gasteiger partial charge is 0.191 e. The molecule has 0 bridgehead atoms. The highest BCUT2D eigenvalue weighted by atomic mass is 127. The fraction of sp³-hybridized carbons (Fsp3) is 0.526. The number of benzene rings is 1. The van der Waals surface area contributed by atoms with Crippen molar-refractivity contribution in [1.29, 1.82) is 0 Å². The van der Waals surface area contributed by atoms with Crippen molar-refractivity contribution >= 4 is 53.1 Å². The summed E-state index contributed by atoms with van der Waals surface area (Å²) in [5, 5.41) is 12.1. The maximum Gasteiger partial charge on any atom is 0.191 e. The number of ether oxygens (including phenoxy) is 2. The van der Waals surface area contributed by atoms with Crippen LogP contribution in [0, 0.1) is 0 Å². The molecule has 11 heteroatoms. The molecule has 1 atom stereocenters. The van der Waals surface area contributed by atoms with E-state index >= 15 is 0 Å². The third-order valence-corrected chi connectivity index (χ3v) is 5.20. The van der Waals surface area contributed by atoms with Gasteiger partial charge in [0.05, 0.1) is 18.1 Å². The van der Waals surface area contributed by atoms with E-state index < -0.39 is 0 Å². The molecule has 3 rings (SSSR count). The summed E-state index contributed by atoms with van der Waals surface area (Å²) >= 11 is 12.1. The molecule has 0 amide bonds. The topological polar surface area (TPSA) is 85.6 Å². The van der Waals surface area contributed by atoms with Gasteiger partial charge in [-0.1, -0.05) is 29.3 Å². The Morgan fingerprint density at radius 2 is 2.20 bits per heavy atom. The van der Waals surface area contributed by atoms with Crippen LogP contribution in [0.1, 0.15) is 25.0 Å². The van der Waals surface area contributed by atoms with Crippen molar-refractivity contribution in [3.63, 3.8) is 0 Å². The number of guanidine groups is 1. The summed E-state index contributed by atoms with van der Waals surface area (Å²) < 4.78 is 12.8. The Labute approximate surface area is 203 Å². The minimum Gasteiger partial charge on any atom is -0.490 e. The summed E-state index contributed by atoms with van der Waals surface area (Å²) in [5.74, 6) is 3.04. The van der Waals surface area contributed by atoms with Crippen molar-refractivity contribution < 1.29 is 9.47 Å². The van der Waals surface area contributed by atoms with E-state index in [1.54, 1.807) is 25.3 Å². The van der Waals surface area contributed by atoms with E-state index in [1.165, 1.54) is 0 Å². The molecule has 2 heterocycles. The third-order valence-electron chi connectivity index (χ3n) is 4.40. The lowest BCUT2D eigenvalue weighted by Crippen LogP contribution is -2.47. The molecule has 1 aromatic heterocycles. The number of nitrogens with one attached hydrogen (secondary N) is 2. The van der Waals surface area contributed by atoms with Crippen molar-refractivity contribution in [3.05, 3.63) is 39.9 Å². The monoisotopic (exact) mass is 568 g/mol. The van der Waals surface area contributed by atoms with E-state index in [9.17, 15) is 0 Å². The maximum absolute atomic E-state index is 6.14. The molecule has 0 aliphatic carbocycles. The zero-order valence-corrected chi connectivity index (χ0v) is 20.9. The predicted molar refractivity (Wildman–Crippen MR) is 129 cm³/mol. The average Bonchev–Trinajstić information content (AvgIpc) is 3.10. The van der Waals surface area contributed by atoms with Crippen LogP contribution >= 0.6 is 47.2 Å². The highest BCUT2D eigenvalue weighted by Crippen LogP contribution is 2.31. The fourth-order valence-electron chi connectivity index (χ4n) is 3.09. The van der Waals surface area contributed by atoms with E-state index in [1.807, 2.05) is 11.6 Å². The zero-order valence-electron chi connectivity index (χ0n) is 17.0. The largest absolute Gasteiger partial charge is 0.490 e. The van der Waals surface area contributed by atoms with Gasteiger partial charge in [0.25, 0.3) is 0 Å². The lowest BCUT2D eigenvalue weighted by atomic mass is 10.1. The Balaban J connectivity index is 0.00000320.